The Morgan fingerprint density at radius 2 is 2.23 bits per heavy atom. The lowest BCUT2D eigenvalue weighted by Gasteiger charge is -2.04. The third kappa shape index (κ3) is 2.10. The SMILES string of the molecule is O=C(O)Nc1c[nH]nc1C(F)(F)F. The van der Waals surface area contributed by atoms with E-state index in [4.69, 9.17) is 5.11 Å². The maximum Gasteiger partial charge on any atom is 0.437 e. The highest BCUT2D eigenvalue weighted by Gasteiger charge is 2.36. The minimum Gasteiger partial charge on any atom is -0.465 e. The number of aromatic nitrogens is 2. The molecular formula is C5H4F3N3O2. The van der Waals surface area contributed by atoms with E-state index in [0.717, 1.165) is 6.20 Å². The van der Waals surface area contributed by atoms with E-state index in [1.165, 1.54) is 0 Å². The van der Waals surface area contributed by atoms with Gasteiger partial charge in [0.25, 0.3) is 0 Å². The second-order valence-electron chi connectivity index (χ2n) is 2.08. The van der Waals surface area contributed by atoms with Crippen LogP contribution in [0.3, 0.4) is 0 Å². The highest BCUT2D eigenvalue weighted by molar-refractivity contribution is 5.83. The van der Waals surface area contributed by atoms with E-state index >= 15 is 0 Å². The van der Waals surface area contributed by atoms with Crippen molar-refractivity contribution in [1.29, 1.82) is 0 Å². The Bertz CT molecular complexity index is 319. The van der Waals surface area contributed by atoms with Gasteiger partial charge in [-0.25, -0.2) is 4.79 Å². The van der Waals surface area contributed by atoms with Gasteiger partial charge in [0.2, 0.25) is 0 Å². The number of anilines is 1. The van der Waals surface area contributed by atoms with E-state index in [2.05, 4.69) is 5.10 Å². The molecular weight excluding hydrogens is 191 g/mol. The lowest BCUT2D eigenvalue weighted by atomic mass is 10.3. The topological polar surface area (TPSA) is 78.0 Å². The van der Waals surface area contributed by atoms with Gasteiger partial charge in [-0.2, -0.15) is 18.3 Å². The molecule has 0 spiro atoms. The predicted molar refractivity (Wildman–Crippen MR) is 35.2 cm³/mol. The average Bonchev–Trinajstić information content (AvgIpc) is 2.31. The standard InChI is InChI=1S/C5H4F3N3O2/c6-5(7,8)3-2(1-9-11-3)10-4(12)13/h1,10H,(H,9,11)(H,12,13). The van der Waals surface area contributed by atoms with Crippen LogP contribution < -0.4 is 5.32 Å². The number of rotatable bonds is 1. The van der Waals surface area contributed by atoms with Gasteiger partial charge in [0.05, 0.1) is 5.69 Å². The molecule has 0 saturated heterocycles. The predicted octanol–water partition coefficient (Wildman–Crippen LogP) is 1.52. The molecule has 0 aliphatic rings. The molecule has 3 N–H and O–H groups in total. The van der Waals surface area contributed by atoms with Crippen LogP contribution in [0.4, 0.5) is 23.7 Å². The number of hydrogen-bond acceptors (Lipinski definition) is 2. The fourth-order valence-electron chi connectivity index (χ4n) is 0.717. The molecule has 0 radical (unpaired) electrons. The number of nitrogens with one attached hydrogen (secondary N) is 2. The molecule has 1 aromatic rings. The van der Waals surface area contributed by atoms with Crippen molar-refractivity contribution in [2.75, 3.05) is 5.32 Å². The fraction of sp³-hybridized carbons (Fsp3) is 0.200. The maximum atomic E-state index is 12.0. The van der Waals surface area contributed by atoms with Gasteiger partial charge in [0.1, 0.15) is 0 Å². The third-order valence-corrected chi connectivity index (χ3v) is 1.15. The molecule has 13 heavy (non-hydrogen) atoms. The highest BCUT2D eigenvalue weighted by atomic mass is 19.4. The first kappa shape index (κ1) is 9.36. The minimum absolute atomic E-state index is 0.611. The van der Waals surface area contributed by atoms with Gasteiger partial charge in [-0.15, -0.1) is 0 Å². The monoisotopic (exact) mass is 195 g/mol. The molecule has 72 valence electrons. The largest absolute Gasteiger partial charge is 0.465 e. The molecule has 0 aromatic carbocycles. The first-order valence-electron chi connectivity index (χ1n) is 3.02. The van der Waals surface area contributed by atoms with Crippen LogP contribution in [0.25, 0.3) is 0 Å². The zero-order chi connectivity index (χ0) is 10.1. The van der Waals surface area contributed by atoms with E-state index in [0.29, 0.717) is 0 Å². The van der Waals surface area contributed by atoms with E-state index in [9.17, 15) is 18.0 Å². The van der Waals surface area contributed by atoms with Crippen molar-refractivity contribution in [3.8, 4) is 0 Å². The van der Waals surface area contributed by atoms with Crippen molar-refractivity contribution in [1.82, 2.24) is 10.2 Å². The van der Waals surface area contributed by atoms with Gasteiger partial charge in [-0.1, -0.05) is 0 Å². The number of hydrogen-bond donors (Lipinski definition) is 3. The Kier molecular flexibility index (Phi) is 2.13. The molecule has 5 nitrogen and oxygen atoms in total. The number of H-pyrrole nitrogens is 1. The molecule has 1 amide bonds. The quantitative estimate of drug-likeness (QED) is 0.635. The summed E-state index contributed by atoms with van der Waals surface area (Å²) in [5.41, 5.74) is -1.89. The molecule has 0 bridgehead atoms. The van der Waals surface area contributed by atoms with Crippen LogP contribution in [-0.2, 0) is 6.18 Å². The minimum atomic E-state index is -4.67. The lowest BCUT2D eigenvalue weighted by molar-refractivity contribution is -0.140. The first-order valence-corrected chi connectivity index (χ1v) is 3.02. The lowest BCUT2D eigenvalue weighted by Crippen LogP contribution is -2.13. The zero-order valence-corrected chi connectivity index (χ0v) is 6.01. The van der Waals surface area contributed by atoms with Gasteiger partial charge < -0.3 is 5.11 Å². The van der Waals surface area contributed by atoms with E-state index in [1.807, 2.05) is 5.10 Å². The number of alkyl halides is 3. The zero-order valence-electron chi connectivity index (χ0n) is 6.01. The Balaban J connectivity index is 2.96. The van der Waals surface area contributed by atoms with E-state index in [-0.39, 0.29) is 0 Å². The van der Waals surface area contributed by atoms with Crippen molar-refractivity contribution in [2.45, 2.75) is 6.18 Å². The summed E-state index contributed by atoms with van der Waals surface area (Å²) in [6.45, 7) is 0. The summed E-state index contributed by atoms with van der Waals surface area (Å²) in [5.74, 6) is 0. The van der Waals surface area contributed by atoms with Crippen LogP contribution in [0.2, 0.25) is 0 Å². The Morgan fingerprint density at radius 3 is 2.69 bits per heavy atom. The van der Waals surface area contributed by atoms with E-state index in [1.54, 1.807) is 5.32 Å². The Labute approximate surface area is 69.6 Å². The van der Waals surface area contributed by atoms with Crippen molar-refractivity contribution in [3.05, 3.63) is 11.9 Å². The fourth-order valence-corrected chi connectivity index (χ4v) is 0.717. The molecule has 0 unspecified atom stereocenters. The summed E-state index contributed by atoms with van der Waals surface area (Å²) in [4.78, 5) is 10.0. The van der Waals surface area contributed by atoms with Crippen molar-refractivity contribution < 1.29 is 23.1 Å². The highest BCUT2D eigenvalue weighted by Crippen LogP contribution is 2.32. The summed E-state index contributed by atoms with van der Waals surface area (Å²) in [6, 6.07) is 0. The molecule has 0 aliphatic heterocycles. The number of aromatic amines is 1. The van der Waals surface area contributed by atoms with Gasteiger partial charge in [0, 0.05) is 6.20 Å². The van der Waals surface area contributed by atoms with Crippen LogP contribution in [0.5, 0.6) is 0 Å². The maximum absolute atomic E-state index is 12.0. The summed E-state index contributed by atoms with van der Waals surface area (Å²) in [7, 11) is 0. The second-order valence-corrected chi connectivity index (χ2v) is 2.08. The number of halogens is 3. The second kappa shape index (κ2) is 2.96. The van der Waals surface area contributed by atoms with Crippen LogP contribution in [0.1, 0.15) is 5.69 Å². The number of carboxylic acid groups (broad SMARTS) is 1. The number of amides is 1. The summed E-state index contributed by atoms with van der Waals surface area (Å²) < 4.78 is 36.1. The molecule has 8 heteroatoms. The molecule has 1 heterocycles. The molecule has 1 aromatic heterocycles. The smallest absolute Gasteiger partial charge is 0.437 e. The van der Waals surface area contributed by atoms with Crippen molar-refractivity contribution >= 4 is 11.8 Å². The molecule has 1 rings (SSSR count). The van der Waals surface area contributed by atoms with Gasteiger partial charge in [-0.05, 0) is 0 Å². The Morgan fingerprint density at radius 1 is 1.62 bits per heavy atom. The average molecular weight is 195 g/mol. The summed E-state index contributed by atoms with van der Waals surface area (Å²) >= 11 is 0. The number of carbonyl (C=O) groups is 1. The Hall–Kier alpha value is -1.73. The molecule has 0 fully saturated rings. The normalized spacial score (nSPS) is 11.3. The number of nitrogens with zero attached hydrogens (tertiary/aromatic N) is 1. The van der Waals surface area contributed by atoms with Gasteiger partial charge >= 0.3 is 12.3 Å². The van der Waals surface area contributed by atoms with Crippen molar-refractivity contribution in [3.63, 3.8) is 0 Å². The molecule has 0 atom stereocenters. The first-order chi connectivity index (χ1) is 5.91. The third-order valence-electron chi connectivity index (χ3n) is 1.15. The van der Waals surface area contributed by atoms with Gasteiger partial charge in [0.15, 0.2) is 5.69 Å². The van der Waals surface area contributed by atoms with Crippen LogP contribution in [-0.4, -0.2) is 21.4 Å². The summed E-state index contributed by atoms with van der Waals surface area (Å²) in [6.07, 6.45) is -5.43. The van der Waals surface area contributed by atoms with Crippen LogP contribution in [0.15, 0.2) is 6.20 Å². The van der Waals surface area contributed by atoms with Crippen LogP contribution in [0, 0.1) is 0 Å². The van der Waals surface area contributed by atoms with Gasteiger partial charge in [-0.3, -0.25) is 10.4 Å². The molecule has 0 saturated carbocycles. The van der Waals surface area contributed by atoms with E-state index < -0.39 is 23.7 Å². The molecule has 0 aliphatic carbocycles. The van der Waals surface area contributed by atoms with Crippen molar-refractivity contribution in [2.24, 2.45) is 0 Å². The van der Waals surface area contributed by atoms with Crippen LogP contribution >= 0.6 is 0 Å². The summed E-state index contributed by atoms with van der Waals surface area (Å²) in [5, 5.41) is 14.5.